The number of nitro groups is 1. The van der Waals surface area contributed by atoms with E-state index >= 15 is 0 Å². The molecule has 0 radical (unpaired) electrons. The maximum absolute atomic E-state index is 13.3. The Balaban J connectivity index is 2.01. The average Bonchev–Trinajstić information content (AvgIpc) is 2.48. The number of piperidine rings is 1. The van der Waals surface area contributed by atoms with Gasteiger partial charge in [-0.1, -0.05) is 0 Å². The van der Waals surface area contributed by atoms with Crippen molar-refractivity contribution in [3.8, 4) is 0 Å². The van der Waals surface area contributed by atoms with E-state index in [1.165, 1.54) is 10.4 Å². The third-order valence-electron chi connectivity index (χ3n) is 3.70. The highest BCUT2D eigenvalue weighted by atomic mass is 32.2. The lowest BCUT2D eigenvalue weighted by molar-refractivity contribution is -0.387. The number of hydrogen-bond donors (Lipinski definition) is 1. The fraction of sp³-hybridized carbons (Fsp3) is 0.462. The zero-order valence-electron chi connectivity index (χ0n) is 12.4. The first kappa shape index (κ1) is 17.3. The van der Waals surface area contributed by atoms with Gasteiger partial charge in [-0.3, -0.25) is 14.9 Å². The van der Waals surface area contributed by atoms with Crippen molar-refractivity contribution in [1.82, 2.24) is 4.31 Å². The highest BCUT2D eigenvalue weighted by molar-refractivity contribution is 7.88. The minimum atomic E-state index is -3.27. The van der Waals surface area contributed by atoms with Crippen LogP contribution in [0.25, 0.3) is 0 Å². The normalized spacial score (nSPS) is 17.0. The molecule has 1 N–H and O–H groups in total. The van der Waals surface area contributed by atoms with Crippen molar-refractivity contribution in [2.75, 3.05) is 24.7 Å². The highest BCUT2D eigenvalue weighted by Crippen LogP contribution is 2.24. The number of halogens is 1. The molecule has 10 heteroatoms. The Labute approximate surface area is 132 Å². The predicted octanol–water partition coefficient (Wildman–Crippen LogP) is 1.34. The summed E-state index contributed by atoms with van der Waals surface area (Å²) in [6, 6.07) is 3.12. The van der Waals surface area contributed by atoms with Gasteiger partial charge >= 0.3 is 5.69 Å². The monoisotopic (exact) mass is 345 g/mol. The molecule has 0 bridgehead atoms. The minimum absolute atomic E-state index is 0.133. The average molecular weight is 345 g/mol. The van der Waals surface area contributed by atoms with E-state index in [1.807, 2.05) is 0 Å². The number of nitrogens with one attached hydrogen (secondary N) is 1. The van der Waals surface area contributed by atoms with Crippen LogP contribution >= 0.6 is 0 Å². The minimum Gasteiger partial charge on any atom is -0.326 e. The zero-order valence-corrected chi connectivity index (χ0v) is 13.2. The zero-order chi connectivity index (χ0) is 17.2. The van der Waals surface area contributed by atoms with Crippen LogP contribution in [0, 0.1) is 21.8 Å². The number of carbonyl (C=O) groups is 1. The number of nitrogens with zero attached hydrogens (tertiary/aromatic N) is 2. The van der Waals surface area contributed by atoms with Gasteiger partial charge in [0, 0.05) is 30.8 Å². The summed E-state index contributed by atoms with van der Waals surface area (Å²) >= 11 is 0. The standard InChI is InChI=1S/C13H16FN3O5S/c1-23(21,22)16-6-4-9(5-7-16)13(18)15-10-2-3-11(14)12(8-10)17(19)20/h2-3,8-9H,4-7H2,1H3,(H,15,18). The molecule has 1 saturated heterocycles. The van der Waals surface area contributed by atoms with Crippen molar-refractivity contribution >= 4 is 27.3 Å². The molecule has 0 unspecified atom stereocenters. The lowest BCUT2D eigenvalue weighted by Gasteiger charge is -2.29. The summed E-state index contributed by atoms with van der Waals surface area (Å²) < 4.78 is 37.4. The molecule has 1 amide bonds. The second-order valence-electron chi connectivity index (χ2n) is 5.35. The first-order valence-corrected chi connectivity index (χ1v) is 8.73. The van der Waals surface area contributed by atoms with Gasteiger partial charge < -0.3 is 5.32 Å². The molecule has 1 aliphatic rings. The Hall–Kier alpha value is -2.07. The lowest BCUT2D eigenvalue weighted by Crippen LogP contribution is -2.40. The van der Waals surface area contributed by atoms with E-state index in [2.05, 4.69) is 5.32 Å². The summed E-state index contributed by atoms with van der Waals surface area (Å²) in [6.07, 6.45) is 1.84. The molecule has 1 aromatic rings. The van der Waals surface area contributed by atoms with E-state index in [0.29, 0.717) is 12.8 Å². The Kier molecular flexibility index (Phi) is 4.95. The van der Waals surface area contributed by atoms with Crippen LogP contribution in [0.2, 0.25) is 0 Å². The van der Waals surface area contributed by atoms with Crippen molar-refractivity contribution in [2.24, 2.45) is 5.92 Å². The molecule has 0 spiro atoms. The van der Waals surface area contributed by atoms with E-state index in [-0.39, 0.29) is 24.7 Å². The number of amides is 1. The summed E-state index contributed by atoms with van der Waals surface area (Å²) in [6.45, 7) is 0.501. The molecule has 1 aromatic carbocycles. The van der Waals surface area contributed by atoms with Gasteiger partial charge in [-0.05, 0) is 25.0 Å². The number of carbonyl (C=O) groups excluding carboxylic acids is 1. The molecule has 126 valence electrons. The molecular formula is C13H16FN3O5S. The van der Waals surface area contributed by atoms with Crippen LogP contribution in [0.15, 0.2) is 18.2 Å². The van der Waals surface area contributed by atoms with Gasteiger partial charge in [0.25, 0.3) is 0 Å². The largest absolute Gasteiger partial charge is 0.326 e. The molecule has 2 rings (SSSR count). The smallest absolute Gasteiger partial charge is 0.306 e. The van der Waals surface area contributed by atoms with Gasteiger partial charge in [0.15, 0.2) is 0 Å². The van der Waals surface area contributed by atoms with E-state index in [1.54, 1.807) is 0 Å². The summed E-state index contributed by atoms with van der Waals surface area (Å²) in [7, 11) is -3.27. The van der Waals surface area contributed by atoms with E-state index in [4.69, 9.17) is 0 Å². The summed E-state index contributed by atoms with van der Waals surface area (Å²) in [5.74, 6) is -1.73. The van der Waals surface area contributed by atoms with Crippen molar-refractivity contribution in [1.29, 1.82) is 0 Å². The Morgan fingerprint density at radius 3 is 2.52 bits per heavy atom. The van der Waals surface area contributed by atoms with Crippen LogP contribution in [0.3, 0.4) is 0 Å². The maximum Gasteiger partial charge on any atom is 0.306 e. The predicted molar refractivity (Wildman–Crippen MR) is 80.8 cm³/mol. The van der Waals surface area contributed by atoms with Crippen LogP contribution in [-0.2, 0) is 14.8 Å². The van der Waals surface area contributed by atoms with Crippen LogP contribution < -0.4 is 5.32 Å². The van der Waals surface area contributed by atoms with Gasteiger partial charge in [-0.2, -0.15) is 4.39 Å². The molecular weight excluding hydrogens is 329 g/mol. The van der Waals surface area contributed by atoms with Crippen molar-refractivity contribution < 1.29 is 22.5 Å². The second kappa shape index (κ2) is 6.59. The number of nitro benzene ring substituents is 1. The summed E-state index contributed by atoms with van der Waals surface area (Å²) in [5, 5.41) is 13.2. The Morgan fingerprint density at radius 2 is 2.00 bits per heavy atom. The van der Waals surface area contributed by atoms with Crippen LogP contribution in [0.4, 0.5) is 15.8 Å². The van der Waals surface area contributed by atoms with E-state index < -0.39 is 32.4 Å². The third kappa shape index (κ3) is 4.23. The Morgan fingerprint density at radius 1 is 1.39 bits per heavy atom. The molecule has 0 aliphatic carbocycles. The van der Waals surface area contributed by atoms with E-state index in [0.717, 1.165) is 18.4 Å². The van der Waals surface area contributed by atoms with Crippen molar-refractivity contribution in [3.63, 3.8) is 0 Å². The molecule has 1 aliphatic heterocycles. The number of hydrogen-bond acceptors (Lipinski definition) is 5. The molecule has 1 heterocycles. The lowest BCUT2D eigenvalue weighted by atomic mass is 9.97. The highest BCUT2D eigenvalue weighted by Gasteiger charge is 2.29. The topological polar surface area (TPSA) is 110 Å². The van der Waals surface area contributed by atoms with Gasteiger partial charge in [0.1, 0.15) is 0 Å². The van der Waals surface area contributed by atoms with Crippen LogP contribution in [0.1, 0.15) is 12.8 Å². The first-order chi connectivity index (χ1) is 10.7. The number of benzene rings is 1. The Bertz CT molecular complexity index is 729. The number of rotatable bonds is 4. The third-order valence-corrected chi connectivity index (χ3v) is 5.01. The molecule has 1 fully saturated rings. The maximum atomic E-state index is 13.3. The molecule has 0 aromatic heterocycles. The molecule has 0 atom stereocenters. The number of sulfonamides is 1. The van der Waals surface area contributed by atoms with Gasteiger partial charge in [0.05, 0.1) is 11.2 Å². The van der Waals surface area contributed by atoms with Crippen molar-refractivity contribution in [2.45, 2.75) is 12.8 Å². The van der Waals surface area contributed by atoms with Crippen molar-refractivity contribution in [3.05, 3.63) is 34.1 Å². The fourth-order valence-corrected chi connectivity index (χ4v) is 3.30. The molecule has 0 saturated carbocycles. The summed E-state index contributed by atoms with van der Waals surface area (Å²) in [5.41, 5.74) is -0.580. The summed E-state index contributed by atoms with van der Waals surface area (Å²) in [4.78, 5) is 22.0. The van der Waals surface area contributed by atoms with Crippen LogP contribution in [-0.4, -0.2) is 42.9 Å². The van der Waals surface area contributed by atoms with Gasteiger partial charge in [-0.25, -0.2) is 12.7 Å². The van der Waals surface area contributed by atoms with Crippen LogP contribution in [0.5, 0.6) is 0 Å². The number of anilines is 1. The SMILES string of the molecule is CS(=O)(=O)N1CCC(C(=O)Nc2ccc(F)c([N+](=O)[O-])c2)CC1. The molecule has 8 nitrogen and oxygen atoms in total. The van der Waals surface area contributed by atoms with E-state index in [9.17, 15) is 27.7 Å². The quantitative estimate of drug-likeness (QED) is 0.654. The first-order valence-electron chi connectivity index (χ1n) is 6.88. The van der Waals surface area contributed by atoms with Gasteiger partial charge in [-0.15, -0.1) is 0 Å². The fourth-order valence-electron chi connectivity index (χ4n) is 2.42. The van der Waals surface area contributed by atoms with Gasteiger partial charge in [0.2, 0.25) is 21.7 Å². The molecule has 23 heavy (non-hydrogen) atoms. The second-order valence-corrected chi connectivity index (χ2v) is 7.33.